The van der Waals surface area contributed by atoms with Gasteiger partial charge in [-0.1, -0.05) is 54.6 Å². The number of cyclic esters (lactones) is 1. The molecule has 0 saturated carbocycles. The molecule has 1 spiro atoms. The van der Waals surface area contributed by atoms with E-state index in [1.165, 1.54) is 11.8 Å². The molecule has 1 N–H and O–H groups in total. The van der Waals surface area contributed by atoms with Crippen molar-refractivity contribution in [1.82, 2.24) is 9.80 Å². The van der Waals surface area contributed by atoms with Crippen LogP contribution in [0, 0.1) is 11.8 Å². The van der Waals surface area contributed by atoms with E-state index in [4.69, 9.17) is 4.74 Å². The van der Waals surface area contributed by atoms with Crippen molar-refractivity contribution in [3.63, 3.8) is 0 Å². The van der Waals surface area contributed by atoms with Crippen LogP contribution in [0.15, 0.2) is 54.6 Å². The van der Waals surface area contributed by atoms with Crippen molar-refractivity contribution in [2.24, 2.45) is 11.8 Å². The van der Waals surface area contributed by atoms with Gasteiger partial charge < -0.3 is 19.6 Å². The van der Waals surface area contributed by atoms with E-state index >= 15 is 0 Å². The Bertz CT molecular complexity index is 1040. The van der Waals surface area contributed by atoms with Crippen molar-refractivity contribution in [3.8, 4) is 0 Å². The van der Waals surface area contributed by atoms with Crippen LogP contribution in [0.2, 0.25) is 0 Å². The van der Waals surface area contributed by atoms with Crippen LogP contribution in [-0.2, 0) is 25.7 Å². The summed E-state index contributed by atoms with van der Waals surface area (Å²) < 4.78 is 4.73. The highest BCUT2D eigenvalue weighted by atomic mass is 32.2. The van der Waals surface area contributed by atoms with Gasteiger partial charge in [0.15, 0.2) is 0 Å². The van der Waals surface area contributed by atoms with Crippen LogP contribution in [0.3, 0.4) is 0 Å². The maximum absolute atomic E-state index is 14.1. The molecular weight excluding hydrogens is 464 g/mol. The molecule has 2 amide bonds. The molecule has 35 heavy (non-hydrogen) atoms. The number of allylic oxidation sites excluding steroid dienone is 1. The fraction of sp³-hybridized carbons (Fsp3) is 0.519. The van der Waals surface area contributed by atoms with Gasteiger partial charge in [-0.05, 0) is 31.7 Å². The number of nitrogens with zero attached hydrogens (tertiary/aromatic N) is 2. The Morgan fingerprint density at radius 2 is 1.94 bits per heavy atom. The number of fused-ring (bicyclic) bond motifs is 2. The lowest BCUT2D eigenvalue weighted by Crippen LogP contribution is -2.55. The van der Waals surface area contributed by atoms with Crippen LogP contribution in [0.5, 0.6) is 0 Å². The molecule has 0 aromatic heterocycles. The predicted molar refractivity (Wildman–Crippen MR) is 133 cm³/mol. The molecule has 186 valence electrons. The second-order valence-electron chi connectivity index (χ2n) is 9.82. The molecule has 7 nitrogen and oxygen atoms in total. The zero-order valence-electron chi connectivity index (χ0n) is 19.9. The maximum atomic E-state index is 14.1. The molecule has 1 aromatic carbocycles. The molecule has 4 aliphatic rings. The third-order valence-corrected chi connectivity index (χ3v) is 9.32. The Morgan fingerprint density at radius 3 is 2.71 bits per heavy atom. The Labute approximate surface area is 210 Å². The number of aliphatic hydroxyl groups is 1. The minimum Gasteiger partial charge on any atom is -0.465 e. The van der Waals surface area contributed by atoms with Gasteiger partial charge in [0.1, 0.15) is 6.04 Å². The van der Waals surface area contributed by atoms with Gasteiger partial charge in [-0.15, -0.1) is 11.8 Å². The van der Waals surface area contributed by atoms with E-state index in [1.54, 1.807) is 16.7 Å². The Hall–Kier alpha value is -2.58. The molecule has 2 saturated heterocycles. The smallest absolute Gasteiger partial charge is 0.311 e. The van der Waals surface area contributed by atoms with Crippen molar-refractivity contribution in [2.75, 3.05) is 19.8 Å². The number of carbonyl (C=O) groups excluding carboxylic acids is 3. The normalized spacial score (nSPS) is 34.5. The molecular formula is C27H32N2O5S. The van der Waals surface area contributed by atoms with Gasteiger partial charge in [0.25, 0.3) is 0 Å². The van der Waals surface area contributed by atoms with Crippen molar-refractivity contribution in [3.05, 3.63) is 60.2 Å². The van der Waals surface area contributed by atoms with Gasteiger partial charge in [-0.2, -0.15) is 0 Å². The number of aliphatic hydroxyl groups excluding tert-OH is 1. The average molecular weight is 497 g/mol. The van der Waals surface area contributed by atoms with Crippen LogP contribution in [0.4, 0.5) is 0 Å². The van der Waals surface area contributed by atoms with E-state index in [1.807, 2.05) is 48.6 Å². The molecule has 0 radical (unpaired) electrons. The van der Waals surface area contributed by atoms with Crippen LogP contribution in [0.25, 0.3) is 0 Å². The molecule has 1 unspecified atom stereocenters. The monoisotopic (exact) mass is 496 g/mol. The van der Waals surface area contributed by atoms with E-state index < -0.39 is 28.7 Å². The highest BCUT2D eigenvalue weighted by Gasteiger charge is 2.71. The third-order valence-electron chi connectivity index (χ3n) is 7.58. The van der Waals surface area contributed by atoms with Crippen LogP contribution in [0.1, 0.15) is 31.7 Å². The van der Waals surface area contributed by atoms with Gasteiger partial charge in [0.05, 0.1) is 35.8 Å². The number of hydrogen-bond acceptors (Lipinski definition) is 6. The summed E-state index contributed by atoms with van der Waals surface area (Å²) in [6.45, 7) is 2.68. The summed E-state index contributed by atoms with van der Waals surface area (Å²) in [4.78, 5) is 44.7. The number of amides is 2. The van der Waals surface area contributed by atoms with E-state index in [-0.39, 0.29) is 29.6 Å². The third kappa shape index (κ3) is 4.10. The first-order valence-corrected chi connectivity index (χ1v) is 13.3. The van der Waals surface area contributed by atoms with Gasteiger partial charge in [0.2, 0.25) is 11.8 Å². The minimum atomic E-state index is -0.893. The lowest BCUT2D eigenvalue weighted by Gasteiger charge is -2.37. The molecule has 2 fully saturated rings. The quantitative estimate of drug-likeness (QED) is 0.509. The molecule has 4 aliphatic heterocycles. The van der Waals surface area contributed by atoms with E-state index in [2.05, 4.69) is 6.08 Å². The molecule has 0 aliphatic carbocycles. The lowest BCUT2D eigenvalue weighted by atomic mass is 9.78. The molecule has 5 rings (SSSR count). The highest BCUT2D eigenvalue weighted by Crippen LogP contribution is 2.61. The largest absolute Gasteiger partial charge is 0.465 e. The molecule has 8 heteroatoms. The summed E-state index contributed by atoms with van der Waals surface area (Å²) in [5, 5.41) is 9.76. The fourth-order valence-electron chi connectivity index (χ4n) is 5.91. The number of hydrogen-bond donors (Lipinski definition) is 1. The van der Waals surface area contributed by atoms with E-state index in [9.17, 15) is 19.5 Å². The van der Waals surface area contributed by atoms with E-state index in [0.717, 1.165) is 24.8 Å². The summed E-state index contributed by atoms with van der Waals surface area (Å²) in [5.41, 5.74) is 1.01. The van der Waals surface area contributed by atoms with Crippen molar-refractivity contribution < 1.29 is 24.2 Å². The first kappa shape index (κ1) is 24.1. The Kier molecular flexibility index (Phi) is 6.77. The van der Waals surface area contributed by atoms with Crippen molar-refractivity contribution in [1.29, 1.82) is 0 Å². The number of benzene rings is 1. The second kappa shape index (κ2) is 9.82. The first-order valence-electron chi connectivity index (χ1n) is 12.4. The fourth-order valence-corrected chi connectivity index (χ4v) is 7.90. The van der Waals surface area contributed by atoms with Crippen molar-refractivity contribution >= 4 is 29.5 Å². The van der Waals surface area contributed by atoms with Gasteiger partial charge in [-0.3, -0.25) is 14.4 Å². The van der Waals surface area contributed by atoms with Crippen LogP contribution >= 0.6 is 11.8 Å². The van der Waals surface area contributed by atoms with E-state index in [0.29, 0.717) is 19.7 Å². The topological polar surface area (TPSA) is 87.2 Å². The summed E-state index contributed by atoms with van der Waals surface area (Å²) in [6.07, 6.45) is 10.7. The lowest BCUT2D eigenvalue weighted by molar-refractivity contribution is -0.153. The highest BCUT2D eigenvalue weighted by molar-refractivity contribution is 8.02. The van der Waals surface area contributed by atoms with Crippen molar-refractivity contribution in [2.45, 2.75) is 54.8 Å². The standard InChI is InChI=1S/C27H32N2O5S/c1-18(17-30)29-23-25(32)28(16-19-10-5-4-6-11-19)14-9-13-27(23)22(24(29)31)21-20(35-27)12-7-2-3-8-15-34-26(21)33/h4-7,9-13,18,20-23,30H,2-3,8,14-17H2,1H3/b12-7-/t18-,20+,21-,22+,23?,27+/m1/s1. The summed E-state index contributed by atoms with van der Waals surface area (Å²) in [5.74, 6) is -2.15. The molecule has 6 atom stereocenters. The molecule has 1 aromatic rings. The number of esters is 1. The minimum absolute atomic E-state index is 0.149. The predicted octanol–water partition coefficient (Wildman–Crippen LogP) is 2.55. The summed E-state index contributed by atoms with van der Waals surface area (Å²) >= 11 is 1.53. The Balaban J connectivity index is 1.57. The molecule has 0 bridgehead atoms. The summed E-state index contributed by atoms with van der Waals surface area (Å²) in [7, 11) is 0. The van der Waals surface area contributed by atoms with Gasteiger partial charge in [0, 0.05) is 18.3 Å². The van der Waals surface area contributed by atoms with Crippen LogP contribution in [-0.4, -0.2) is 74.5 Å². The van der Waals surface area contributed by atoms with Gasteiger partial charge in [-0.25, -0.2) is 0 Å². The number of rotatable bonds is 4. The summed E-state index contributed by atoms with van der Waals surface area (Å²) in [6, 6.07) is 8.43. The average Bonchev–Trinajstić information content (AvgIpc) is 3.26. The first-order chi connectivity index (χ1) is 17.0. The Morgan fingerprint density at radius 1 is 1.14 bits per heavy atom. The SMILES string of the molecule is C[C@H](CO)N1C(=O)[C@@H]2[C@@H]3C(=O)OCCCC/C=C\[C@@H]3S[C@@]23C=CCN(Cc2ccccc2)C(=O)C13. The maximum Gasteiger partial charge on any atom is 0.311 e. The number of ether oxygens (including phenoxy) is 1. The zero-order valence-corrected chi connectivity index (χ0v) is 20.7. The number of thioether (sulfide) groups is 1. The van der Waals surface area contributed by atoms with Gasteiger partial charge >= 0.3 is 5.97 Å². The second-order valence-corrected chi connectivity index (χ2v) is 11.3. The van der Waals surface area contributed by atoms with Crippen LogP contribution < -0.4 is 0 Å². The number of carbonyl (C=O) groups is 3. The number of likely N-dealkylation sites (tertiary alicyclic amines) is 1. The zero-order chi connectivity index (χ0) is 24.6. The molecule has 4 heterocycles.